The molecule has 1 heterocycles. The van der Waals surface area contributed by atoms with E-state index < -0.39 is 29.5 Å². The van der Waals surface area contributed by atoms with E-state index in [1.165, 1.54) is 0 Å². The van der Waals surface area contributed by atoms with Crippen molar-refractivity contribution < 1.29 is 19.5 Å². The monoisotopic (exact) mass is 428 g/mol. The largest absolute Gasteiger partial charge is 0.496 e. The van der Waals surface area contributed by atoms with Crippen LogP contribution in [0, 0.1) is 0 Å². The summed E-state index contributed by atoms with van der Waals surface area (Å²) in [5, 5.41) is 24.4. The van der Waals surface area contributed by atoms with Crippen LogP contribution in [-0.2, 0) is 15.9 Å². The first-order chi connectivity index (χ1) is 14.1. The maximum absolute atomic E-state index is 10.6. The molecule has 0 saturated carbocycles. The third-order valence-electron chi connectivity index (χ3n) is 6.13. The zero-order chi connectivity index (χ0) is 23.5. The molecule has 0 atom stereocenters. The maximum Gasteiger partial charge on any atom is 0.496 e. The van der Waals surface area contributed by atoms with Crippen LogP contribution in [0.15, 0.2) is 48.7 Å². The van der Waals surface area contributed by atoms with Crippen molar-refractivity contribution in [3.63, 3.8) is 0 Å². The third-order valence-corrected chi connectivity index (χ3v) is 6.13. The fourth-order valence-corrected chi connectivity index (χ4v) is 2.42. The molecular formula is C24H37BN2O4. The second-order valence-electron chi connectivity index (χ2n) is 10.0. The summed E-state index contributed by atoms with van der Waals surface area (Å²) in [6.07, 6.45) is 1.69. The van der Waals surface area contributed by atoms with E-state index in [2.05, 4.69) is 22.4 Å². The van der Waals surface area contributed by atoms with Crippen LogP contribution in [0.25, 0.3) is 0 Å². The summed E-state index contributed by atoms with van der Waals surface area (Å²) in [5.41, 5.74) is -2.21. The minimum absolute atomic E-state index is 0.668. The van der Waals surface area contributed by atoms with Crippen molar-refractivity contribution in [2.24, 2.45) is 0 Å². The lowest BCUT2D eigenvalue weighted by Crippen LogP contribution is -2.58. The summed E-state index contributed by atoms with van der Waals surface area (Å²) in [6, 6.07) is 13.8. The number of nitrogens with zero attached hydrogens (tertiary/aromatic N) is 1. The van der Waals surface area contributed by atoms with Crippen LogP contribution < -0.4 is 10.8 Å². The van der Waals surface area contributed by atoms with E-state index in [9.17, 15) is 10.2 Å². The van der Waals surface area contributed by atoms with Gasteiger partial charge in [0.05, 0.1) is 22.4 Å². The van der Waals surface area contributed by atoms with Gasteiger partial charge in [0.15, 0.2) is 0 Å². The van der Waals surface area contributed by atoms with E-state index in [1.807, 2.05) is 58.0 Å². The first-order valence-electron chi connectivity index (χ1n) is 10.7. The highest BCUT2D eigenvalue weighted by molar-refractivity contribution is 6.61. The van der Waals surface area contributed by atoms with Gasteiger partial charge in [0.1, 0.15) is 5.82 Å². The van der Waals surface area contributed by atoms with Crippen molar-refractivity contribution in [3.8, 4) is 0 Å². The predicted octanol–water partition coefficient (Wildman–Crippen LogP) is 3.52. The molecule has 0 amide bonds. The van der Waals surface area contributed by atoms with E-state index in [4.69, 9.17) is 9.31 Å². The lowest BCUT2D eigenvalue weighted by atomic mass is 9.74. The summed E-state index contributed by atoms with van der Waals surface area (Å²) < 4.78 is 12.5. The fourth-order valence-electron chi connectivity index (χ4n) is 2.42. The lowest BCUT2D eigenvalue weighted by molar-refractivity contribution is -0.132. The van der Waals surface area contributed by atoms with Crippen LogP contribution in [0.5, 0.6) is 0 Å². The number of benzene rings is 1. The van der Waals surface area contributed by atoms with Crippen molar-refractivity contribution in [3.05, 3.63) is 54.2 Å². The van der Waals surface area contributed by atoms with Crippen LogP contribution in [-0.4, -0.2) is 44.7 Å². The Hall–Kier alpha value is -1.93. The molecule has 0 radical (unpaired) electrons. The van der Waals surface area contributed by atoms with Gasteiger partial charge >= 0.3 is 7.12 Å². The Morgan fingerprint density at radius 1 is 0.806 bits per heavy atom. The van der Waals surface area contributed by atoms with Gasteiger partial charge in [-0.05, 0) is 67.0 Å². The van der Waals surface area contributed by atoms with E-state index in [1.54, 1.807) is 33.9 Å². The van der Waals surface area contributed by atoms with Gasteiger partial charge in [0.2, 0.25) is 0 Å². The molecular weight excluding hydrogens is 391 g/mol. The molecule has 6 nitrogen and oxygen atoms in total. The molecule has 1 aromatic heterocycles. The van der Waals surface area contributed by atoms with Crippen LogP contribution in [0.2, 0.25) is 0 Å². The van der Waals surface area contributed by atoms with Crippen molar-refractivity contribution in [1.29, 1.82) is 0 Å². The molecule has 0 unspecified atom stereocenters. The molecule has 0 aliphatic heterocycles. The van der Waals surface area contributed by atoms with Gasteiger partial charge in [-0.1, -0.05) is 36.4 Å². The second kappa shape index (κ2) is 9.29. The van der Waals surface area contributed by atoms with Gasteiger partial charge in [0, 0.05) is 18.2 Å². The molecule has 170 valence electrons. The topological polar surface area (TPSA) is 83.8 Å². The number of hydrogen-bond donors (Lipinski definition) is 3. The third kappa shape index (κ3) is 6.78. The molecule has 1 aromatic carbocycles. The number of hydrogen-bond acceptors (Lipinski definition) is 6. The van der Waals surface area contributed by atoms with E-state index >= 15 is 0 Å². The molecule has 0 spiro atoms. The smallest absolute Gasteiger partial charge is 0.399 e. The zero-order valence-electron chi connectivity index (χ0n) is 20.1. The van der Waals surface area contributed by atoms with Crippen molar-refractivity contribution >= 4 is 18.4 Å². The minimum atomic E-state index is -1.11. The van der Waals surface area contributed by atoms with Gasteiger partial charge in [0.25, 0.3) is 0 Å². The highest BCUT2D eigenvalue weighted by Crippen LogP contribution is 2.30. The molecule has 31 heavy (non-hydrogen) atoms. The Bertz CT molecular complexity index is 797. The van der Waals surface area contributed by atoms with Gasteiger partial charge in [-0.25, -0.2) is 4.98 Å². The number of anilines is 1. The highest BCUT2D eigenvalue weighted by atomic mass is 16.6. The Morgan fingerprint density at radius 3 is 1.74 bits per heavy atom. The quantitative estimate of drug-likeness (QED) is 0.503. The molecule has 0 aliphatic carbocycles. The Balaban J connectivity index is 2.24. The fraction of sp³-hybridized carbons (Fsp3) is 0.542. The average molecular weight is 428 g/mol. The van der Waals surface area contributed by atoms with Gasteiger partial charge in [-0.15, -0.1) is 0 Å². The minimum Gasteiger partial charge on any atom is -0.399 e. The van der Waals surface area contributed by atoms with Gasteiger partial charge < -0.3 is 24.8 Å². The first kappa shape index (κ1) is 25.3. The number of aromatic nitrogens is 1. The highest BCUT2D eigenvalue weighted by Gasteiger charge is 2.45. The summed E-state index contributed by atoms with van der Waals surface area (Å²) in [5.74, 6) is 0.731. The second-order valence-corrected chi connectivity index (χ2v) is 10.0. The van der Waals surface area contributed by atoms with Crippen molar-refractivity contribution in [2.45, 2.75) is 84.3 Å². The number of nitrogens with one attached hydrogen (secondary N) is 1. The molecule has 7 heteroatoms. The number of rotatable bonds is 10. The summed E-state index contributed by atoms with van der Waals surface area (Å²) >= 11 is 0. The lowest BCUT2D eigenvalue weighted by Gasteiger charge is -2.43. The Labute approximate surface area is 187 Å². The molecule has 0 bridgehead atoms. The van der Waals surface area contributed by atoms with E-state index in [0.29, 0.717) is 12.0 Å². The summed E-state index contributed by atoms with van der Waals surface area (Å²) in [6.45, 7) is 14.7. The summed E-state index contributed by atoms with van der Waals surface area (Å²) in [7, 11) is -0.835. The molecule has 3 N–H and O–H groups in total. The summed E-state index contributed by atoms with van der Waals surface area (Å²) in [4.78, 5) is 4.50. The Kier molecular flexibility index (Phi) is 7.59. The normalized spacial score (nSPS) is 13.2. The molecule has 2 aromatic rings. The predicted molar refractivity (Wildman–Crippen MR) is 126 cm³/mol. The van der Waals surface area contributed by atoms with Crippen molar-refractivity contribution in [1.82, 2.24) is 4.98 Å². The van der Waals surface area contributed by atoms with E-state index in [0.717, 1.165) is 11.4 Å². The average Bonchev–Trinajstić information content (AvgIpc) is 2.65. The maximum atomic E-state index is 10.6. The van der Waals surface area contributed by atoms with Gasteiger partial charge in [-0.3, -0.25) is 0 Å². The van der Waals surface area contributed by atoms with Crippen LogP contribution in [0.1, 0.15) is 61.0 Å². The standard InChI is InChI=1S/C24H37BN2O4/c1-21(2,28)23(5,6)30-25(31-24(7,8)22(3,4)29)19-14-15-20(27-17-19)26-16-18-12-10-9-11-13-18/h9-15,17,28-29H,16H2,1-8H3,(H,26,27). The zero-order valence-corrected chi connectivity index (χ0v) is 20.1. The molecule has 0 saturated heterocycles. The molecule has 2 rings (SSSR count). The van der Waals surface area contributed by atoms with Crippen LogP contribution >= 0.6 is 0 Å². The number of pyridine rings is 1. The van der Waals surface area contributed by atoms with E-state index in [-0.39, 0.29) is 0 Å². The van der Waals surface area contributed by atoms with Crippen LogP contribution in [0.4, 0.5) is 5.82 Å². The van der Waals surface area contributed by atoms with Gasteiger partial charge in [-0.2, -0.15) is 0 Å². The first-order valence-corrected chi connectivity index (χ1v) is 10.7. The molecule has 0 aliphatic rings. The SMILES string of the molecule is CC(C)(O)C(C)(C)OB(OC(C)(C)C(C)(C)O)c1ccc(NCc2ccccc2)nc1. The Morgan fingerprint density at radius 2 is 1.32 bits per heavy atom. The van der Waals surface area contributed by atoms with Crippen LogP contribution in [0.3, 0.4) is 0 Å². The molecule has 0 fully saturated rings. The number of aliphatic hydroxyl groups is 2. The van der Waals surface area contributed by atoms with Crippen molar-refractivity contribution in [2.75, 3.05) is 5.32 Å².